The van der Waals surface area contributed by atoms with Crippen molar-refractivity contribution in [2.24, 2.45) is 0 Å². The molecule has 5 rings (SSSR count). The van der Waals surface area contributed by atoms with Crippen LogP contribution in [0.25, 0.3) is 16.7 Å². The monoisotopic (exact) mass is 540 g/mol. The first-order valence-corrected chi connectivity index (χ1v) is 14.0. The molecule has 0 radical (unpaired) electrons. The van der Waals surface area contributed by atoms with E-state index in [-0.39, 0.29) is 24.7 Å². The Balaban J connectivity index is 1.46. The van der Waals surface area contributed by atoms with Gasteiger partial charge in [-0.25, -0.2) is 14.6 Å². The Morgan fingerprint density at radius 3 is 2.42 bits per heavy atom. The van der Waals surface area contributed by atoms with Crippen LogP contribution in [0.2, 0.25) is 0 Å². The Morgan fingerprint density at radius 2 is 1.68 bits per heavy atom. The van der Waals surface area contributed by atoms with Crippen molar-refractivity contribution in [3.05, 3.63) is 77.2 Å². The zero-order valence-electron chi connectivity index (χ0n) is 23.5. The number of esters is 1. The van der Waals surface area contributed by atoms with Crippen molar-refractivity contribution in [1.29, 1.82) is 0 Å². The highest BCUT2D eigenvalue weighted by Gasteiger charge is 2.25. The number of fused-ring (bicyclic) bond motifs is 1. The van der Waals surface area contributed by atoms with Crippen LogP contribution in [0, 0.1) is 13.8 Å². The fourth-order valence-electron chi connectivity index (χ4n) is 5.13. The first-order chi connectivity index (χ1) is 19.4. The number of ether oxygens (including phenoxy) is 1. The van der Waals surface area contributed by atoms with Crippen molar-refractivity contribution < 1.29 is 14.3 Å². The van der Waals surface area contributed by atoms with Gasteiger partial charge in [0, 0.05) is 39.0 Å². The number of amides is 1. The highest BCUT2D eigenvalue weighted by molar-refractivity contribution is 5.91. The Kier molecular flexibility index (Phi) is 8.38. The molecule has 208 valence electrons. The number of aryl methyl sites for hydroxylation is 2. The average Bonchev–Trinajstić information content (AvgIpc) is 3.12. The summed E-state index contributed by atoms with van der Waals surface area (Å²) in [5, 5.41) is 5.81. The summed E-state index contributed by atoms with van der Waals surface area (Å²) in [5.74, 6) is 1.24. The average molecular weight is 541 g/mol. The van der Waals surface area contributed by atoms with E-state index in [0.29, 0.717) is 32.7 Å². The number of carbonyl (C=O) groups excluding carboxylic acids is 2. The number of hydrogen-bond donors (Lipinski definition) is 0. The minimum Gasteiger partial charge on any atom is -0.466 e. The van der Waals surface area contributed by atoms with Gasteiger partial charge < -0.3 is 14.5 Å². The van der Waals surface area contributed by atoms with Gasteiger partial charge in [0.2, 0.25) is 5.91 Å². The minimum absolute atomic E-state index is 0.0177. The number of benzene rings is 2. The van der Waals surface area contributed by atoms with Crippen LogP contribution < -0.4 is 4.90 Å². The molecule has 3 heterocycles. The van der Waals surface area contributed by atoms with Crippen LogP contribution in [0.5, 0.6) is 0 Å². The van der Waals surface area contributed by atoms with Crippen molar-refractivity contribution in [2.75, 3.05) is 37.7 Å². The molecule has 1 aliphatic rings. The lowest BCUT2D eigenvalue weighted by atomic mass is 10.1. The smallest absolute Gasteiger partial charge is 0.306 e. The van der Waals surface area contributed by atoms with E-state index in [2.05, 4.69) is 36.1 Å². The van der Waals surface area contributed by atoms with Crippen LogP contribution in [-0.2, 0) is 20.7 Å². The number of carbonyl (C=O) groups is 2. The molecule has 0 N–H and O–H groups in total. The summed E-state index contributed by atoms with van der Waals surface area (Å²) in [6, 6.07) is 18.5. The van der Waals surface area contributed by atoms with Gasteiger partial charge in [0.1, 0.15) is 11.6 Å². The molecule has 9 nitrogen and oxygen atoms in total. The number of para-hydroxylation sites is 1. The Morgan fingerprint density at radius 1 is 0.900 bits per heavy atom. The molecular weight excluding hydrogens is 504 g/mol. The van der Waals surface area contributed by atoms with Gasteiger partial charge in [0.05, 0.1) is 29.8 Å². The molecule has 2 aromatic carbocycles. The molecule has 0 bridgehead atoms. The van der Waals surface area contributed by atoms with E-state index in [9.17, 15) is 9.59 Å². The fraction of sp³-hybridized carbons (Fsp3) is 0.387. The molecule has 40 heavy (non-hydrogen) atoms. The fourth-order valence-corrected chi connectivity index (χ4v) is 5.13. The lowest BCUT2D eigenvalue weighted by Crippen LogP contribution is -2.35. The van der Waals surface area contributed by atoms with E-state index < -0.39 is 0 Å². The van der Waals surface area contributed by atoms with Crippen molar-refractivity contribution in [3.63, 3.8) is 0 Å². The predicted octanol–water partition coefficient (Wildman–Crippen LogP) is 4.41. The van der Waals surface area contributed by atoms with Crippen LogP contribution in [0.15, 0.2) is 54.6 Å². The lowest BCUT2D eigenvalue weighted by Gasteiger charge is -2.24. The molecule has 1 fully saturated rings. The maximum Gasteiger partial charge on any atom is 0.306 e. The highest BCUT2D eigenvalue weighted by atomic mass is 16.5. The van der Waals surface area contributed by atoms with Gasteiger partial charge >= 0.3 is 5.97 Å². The second-order valence-corrected chi connectivity index (χ2v) is 10.2. The van der Waals surface area contributed by atoms with Crippen molar-refractivity contribution in [1.82, 2.24) is 24.6 Å². The van der Waals surface area contributed by atoms with Crippen molar-refractivity contribution in [3.8, 4) is 5.69 Å². The second-order valence-electron chi connectivity index (χ2n) is 10.2. The zero-order valence-corrected chi connectivity index (χ0v) is 23.5. The van der Waals surface area contributed by atoms with E-state index in [1.807, 2.05) is 46.8 Å². The Bertz CT molecular complexity index is 1480. The first kappa shape index (κ1) is 27.3. The van der Waals surface area contributed by atoms with Crippen LogP contribution >= 0.6 is 0 Å². The summed E-state index contributed by atoms with van der Waals surface area (Å²) in [6.07, 6.45) is 1.68. The molecule has 0 atom stereocenters. The summed E-state index contributed by atoms with van der Waals surface area (Å²) in [5.41, 5.74) is 4.95. The van der Waals surface area contributed by atoms with Gasteiger partial charge in [-0.15, -0.1) is 0 Å². The van der Waals surface area contributed by atoms with Crippen LogP contribution in [0.3, 0.4) is 0 Å². The molecule has 0 spiro atoms. The van der Waals surface area contributed by atoms with Crippen molar-refractivity contribution in [2.45, 2.75) is 46.5 Å². The van der Waals surface area contributed by atoms with Gasteiger partial charge in [-0.1, -0.05) is 48.0 Å². The Labute approximate surface area is 234 Å². The summed E-state index contributed by atoms with van der Waals surface area (Å²) < 4.78 is 6.89. The molecule has 0 unspecified atom stereocenters. The zero-order chi connectivity index (χ0) is 28.1. The summed E-state index contributed by atoms with van der Waals surface area (Å²) in [4.78, 5) is 38.9. The van der Waals surface area contributed by atoms with Gasteiger partial charge in [0.15, 0.2) is 5.65 Å². The van der Waals surface area contributed by atoms with Gasteiger partial charge in [-0.3, -0.25) is 9.59 Å². The van der Waals surface area contributed by atoms with Crippen LogP contribution in [-0.4, -0.2) is 69.3 Å². The topological polar surface area (TPSA) is 93.5 Å². The van der Waals surface area contributed by atoms with Gasteiger partial charge in [0.25, 0.3) is 0 Å². The van der Waals surface area contributed by atoms with Crippen molar-refractivity contribution >= 4 is 28.7 Å². The molecule has 0 aliphatic carbocycles. The maximum absolute atomic E-state index is 12.9. The van der Waals surface area contributed by atoms with E-state index in [4.69, 9.17) is 19.8 Å². The number of hydrogen-bond acceptors (Lipinski definition) is 7. The number of rotatable bonds is 8. The largest absolute Gasteiger partial charge is 0.466 e. The lowest BCUT2D eigenvalue weighted by molar-refractivity contribution is -0.145. The third-order valence-corrected chi connectivity index (χ3v) is 7.21. The van der Waals surface area contributed by atoms with Gasteiger partial charge in [-0.05, 0) is 44.9 Å². The third-order valence-electron chi connectivity index (χ3n) is 7.21. The first-order valence-electron chi connectivity index (χ1n) is 14.0. The molecule has 2 aromatic heterocycles. The predicted molar refractivity (Wildman–Crippen MR) is 155 cm³/mol. The molecular formula is C31H36N6O3. The number of nitrogens with zero attached hydrogens (tertiary/aromatic N) is 6. The summed E-state index contributed by atoms with van der Waals surface area (Å²) in [6.45, 7) is 8.77. The number of anilines is 1. The van der Waals surface area contributed by atoms with Gasteiger partial charge in [-0.2, -0.15) is 5.10 Å². The summed E-state index contributed by atoms with van der Waals surface area (Å²) >= 11 is 0. The van der Waals surface area contributed by atoms with E-state index in [1.54, 1.807) is 6.92 Å². The molecule has 0 saturated carbocycles. The Hall–Kier alpha value is -4.27. The second kappa shape index (κ2) is 12.3. The molecule has 9 heteroatoms. The molecule has 1 aliphatic heterocycles. The normalized spacial score (nSPS) is 13.9. The number of aromatic nitrogens is 4. The molecule has 1 amide bonds. The van der Waals surface area contributed by atoms with Crippen LogP contribution in [0.4, 0.5) is 5.82 Å². The summed E-state index contributed by atoms with van der Waals surface area (Å²) in [7, 11) is 0. The quantitative estimate of drug-likeness (QED) is 0.306. The maximum atomic E-state index is 12.9. The minimum atomic E-state index is -0.331. The van der Waals surface area contributed by atoms with Crippen LogP contribution in [0.1, 0.15) is 48.8 Å². The third kappa shape index (κ3) is 6.14. The standard InChI is InChI=1S/C31H36N6O3/c1-4-40-28(39)16-15-27(38)35-17-8-18-36(20-19-35)30-29-23(3)34-37(25-9-6-5-7-10-25)31(29)33-26(32-30)21-24-13-11-22(2)12-14-24/h5-7,9-14H,4,8,15-21H2,1-3H3. The molecule has 1 saturated heterocycles. The van der Waals surface area contributed by atoms with E-state index >= 15 is 0 Å². The highest BCUT2D eigenvalue weighted by Crippen LogP contribution is 2.30. The SMILES string of the molecule is CCOC(=O)CCC(=O)N1CCCN(c2nc(Cc3ccc(C)cc3)nc3c2c(C)nn3-c2ccccc2)CC1. The van der Waals surface area contributed by atoms with E-state index in [0.717, 1.165) is 52.6 Å². The molecule has 4 aromatic rings. The van der Waals surface area contributed by atoms with E-state index in [1.165, 1.54) is 5.56 Å².